The van der Waals surface area contributed by atoms with E-state index in [0.717, 1.165) is 12.8 Å². The summed E-state index contributed by atoms with van der Waals surface area (Å²) in [6.07, 6.45) is 2.39. The fraction of sp³-hybridized carbons (Fsp3) is 0.857. The molecule has 0 N–H and O–H groups in total. The van der Waals surface area contributed by atoms with Gasteiger partial charge in [0.15, 0.2) is 5.41 Å². The van der Waals surface area contributed by atoms with E-state index in [1.807, 2.05) is 27.7 Å². The highest BCUT2D eigenvalue weighted by atomic mass is 16.6. The molecule has 1 atom stereocenters. The molecular formula is C14H26O4. The highest BCUT2D eigenvalue weighted by Gasteiger charge is 2.46. The van der Waals surface area contributed by atoms with Crippen LogP contribution >= 0.6 is 0 Å². The molecule has 0 amide bonds. The van der Waals surface area contributed by atoms with Gasteiger partial charge in [-0.2, -0.15) is 0 Å². The van der Waals surface area contributed by atoms with Gasteiger partial charge in [0.2, 0.25) is 0 Å². The Labute approximate surface area is 110 Å². The number of hydrogen-bond acceptors (Lipinski definition) is 4. The molecule has 18 heavy (non-hydrogen) atoms. The third-order valence-electron chi connectivity index (χ3n) is 3.27. The van der Waals surface area contributed by atoms with Crippen molar-refractivity contribution >= 4 is 11.9 Å². The van der Waals surface area contributed by atoms with Gasteiger partial charge in [0.05, 0.1) is 12.7 Å². The molecule has 0 fully saturated rings. The number of carbonyl (C=O) groups is 2. The summed E-state index contributed by atoms with van der Waals surface area (Å²) in [6.45, 7) is 9.51. The van der Waals surface area contributed by atoms with E-state index in [0.29, 0.717) is 12.8 Å². The first-order chi connectivity index (χ1) is 8.48. The Morgan fingerprint density at radius 1 is 1.06 bits per heavy atom. The van der Waals surface area contributed by atoms with E-state index in [1.165, 1.54) is 0 Å². The molecule has 0 saturated heterocycles. The molecule has 0 aromatic heterocycles. The van der Waals surface area contributed by atoms with E-state index in [4.69, 9.17) is 9.47 Å². The van der Waals surface area contributed by atoms with Crippen LogP contribution in [0.2, 0.25) is 0 Å². The van der Waals surface area contributed by atoms with E-state index in [-0.39, 0.29) is 12.7 Å². The summed E-state index contributed by atoms with van der Waals surface area (Å²) < 4.78 is 10.4. The monoisotopic (exact) mass is 258 g/mol. The molecule has 4 heteroatoms. The molecule has 0 aliphatic heterocycles. The fourth-order valence-corrected chi connectivity index (χ4v) is 1.94. The van der Waals surface area contributed by atoms with Crippen LogP contribution in [0.3, 0.4) is 0 Å². The van der Waals surface area contributed by atoms with E-state index in [1.54, 1.807) is 6.92 Å². The molecule has 1 unspecified atom stereocenters. The van der Waals surface area contributed by atoms with Crippen molar-refractivity contribution < 1.29 is 19.1 Å². The second-order valence-electron chi connectivity index (χ2n) is 4.51. The van der Waals surface area contributed by atoms with Gasteiger partial charge < -0.3 is 9.47 Å². The van der Waals surface area contributed by atoms with Crippen LogP contribution < -0.4 is 0 Å². The molecule has 0 aliphatic carbocycles. The first-order valence-corrected chi connectivity index (χ1v) is 6.86. The molecule has 0 spiro atoms. The molecule has 0 heterocycles. The van der Waals surface area contributed by atoms with Gasteiger partial charge in [0.1, 0.15) is 0 Å². The van der Waals surface area contributed by atoms with Gasteiger partial charge >= 0.3 is 11.9 Å². The molecule has 0 radical (unpaired) electrons. The molecule has 106 valence electrons. The summed E-state index contributed by atoms with van der Waals surface area (Å²) in [5.41, 5.74) is -1.14. The summed E-state index contributed by atoms with van der Waals surface area (Å²) in [6, 6.07) is 0. The average Bonchev–Trinajstić information content (AvgIpc) is 2.31. The number of ether oxygens (including phenoxy) is 2. The van der Waals surface area contributed by atoms with Crippen LogP contribution in [0.1, 0.15) is 60.3 Å². The van der Waals surface area contributed by atoms with Crippen LogP contribution in [0, 0.1) is 5.41 Å². The summed E-state index contributed by atoms with van der Waals surface area (Å²) in [5, 5.41) is 0. The minimum Gasteiger partial charge on any atom is -0.465 e. The number of rotatable bonds is 8. The van der Waals surface area contributed by atoms with Gasteiger partial charge in [0.25, 0.3) is 0 Å². The lowest BCUT2D eigenvalue weighted by atomic mass is 9.82. The quantitative estimate of drug-likeness (QED) is 0.496. The Kier molecular flexibility index (Phi) is 7.64. The van der Waals surface area contributed by atoms with Crippen LogP contribution in [0.15, 0.2) is 0 Å². The van der Waals surface area contributed by atoms with Crippen LogP contribution in [-0.2, 0) is 19.1 Å². The molecule has 0 rings (SSSR count). The van der Waals surface area contributed by atoms with Crippen LogP contribution in [0.5, 0.6) is 0 Å². The maximum Gasteiger partial charge on any atom is 0.323 e. The molecular weight excluding hydrogens is 232 g/mol. The Morgan fingerprint density at radius 3 is 2.00 bits per heavy atom. The predicted octanol–water partition coefficient (Wildman–Crippen LogP) is 3.09. The van der Waals surface area contributed by atoms with E-state index >= 15 is 0 Å². The van der Waals surface area contributed by atoms with Gasteiger partial charge in [-0.25, -0.2) is 0 Å². The zero-order chi connectivity index (χ0) is 14.2. The van der Waals surface area contributed by atoms with Crippen molar-refractivity contribution in [3.63, 3.8) is 0 Å². The first kappa shape index (κ1) is 16.9. The fourth-order valence-electron chi connectivity index (χ4n) is 1.94. The van der Waals surface area contributed by atoms with Crippen molar-refractivity contribution in [1.29, 1.82) is 0 Å². The normalized spacial score (nSPS) is 12.9. The third kappa shape index (κ3) is 4.00. The molecule has 0 bridgehead atoms. The largest absolute Gasteiger partial charge is 0.465 e. The second-order valence-corrected chi connectivity index (χ2v) is 4.51. The molecule has 4 nitrogen and oxygen atoms in total. The Balaban J connectivity index is 4.86. The van der Waals surface area contributed by atoms with E-state index < -0.39 is 17.4 Å². The van der Waals surface area contributed by atoms with Gasteiger partial charge in [-0.3, -0.25) is 9.59 Å². The topological polar surface area (TPSA) is 52.6 Å². The number of hydrogen-bond donors (Lipinski definition) is 0. The smallest absolute Gasteiger partial charge is 0.323 e. The zero-order valence-corrected chi connectivity index (χ0v) is 12.2. The SMILES string of the molecule is CCCC(C)OC(=O)C(CC)(CC)C(=O)OCC. The minimum atomic E-state index is -1.14. The highest BCUT2D eigenvalue weighted by Crippen LogP contribution is 2.30. The number of esters is 2. The second kappa shape index (κ2) is 8.11. The van der Waals surface area contributed by atoms with Crippen LogP contribution in [0.25, 0.3) is 0 Å². The molecule has 0 aliphatic rings. The summed E-state index contributed by atoms with van der Waals surface area (Å²) >= 11 is 0. The Hall–Kier alpha value is -1.06. The minimum absolute atomic E-state index is 0.158. The number of carbonyl (C=O) groups excluding carboxylic acids is 2. The van der Waals surface area contributed by atoms with Gasteiger partial charge in [-0.05, 0) is 33.1 Å². The van der Waals surface area contributed by atoms with Crippen molar-refractivity contribution in [3.8, 4) is 0 Å². The summed E-state index contributed by atoms with van der Waals surface area (Å²) in [5.74, 6) is -0.921. The molecule has 0 aromatic rings. The van der Waals surface area contributed by atoms with Gasteiger partial charge in [-0.1, -0.05) is 27.2 Å². The van der Waals surface area contributed by atoms with Crippen molar-refractivity contribution in [1.82, 2.24) is 0 Å². The van der Waals surface area contributed by atoms with Crippen molar-refractivity contribution in [3.05, 3.63) is 0 Å². The molecule has 0 aromatic carbocycles. The first-order valence-electron chi connectivity index (χ1n) is 6.86. The van der Waals surface area contributed by atoms with Crippen LogP contribution in [0.4, 0.5) is 0 Å². The lowest BCUT2D eigenvalue weighted by molar-refractivity contribution is -0.176. The zero-order valence-electron chi connectivity index (χ0n) is 12.2. The predicted molar refractivity (Wildman–Crippen MR) is 70.1 cm³/mol. The standard InChI is InChI=1S/C14H26O4/c1-6-10-11(5)18-13(16)14(7-2,8-3)12(15)17-9-4/h11H,6-10H2,1-5H3. The highest BCUT2D eigenvalue weighted by molar-refractivity contribution is 6.00. The lowest BCUT2D eigenvalue weighted by Crippen LogP contribution is -2.42. The Bertz CT molecular complexity index is 269. The van der Waals surface area contributed by atoms with Crippen LogP contribution in [-0.4, -0.2) is 24.6 Å². The van der Waals surface area contributed by atoms with Crippen molar-refractivity contribution in [2.24, 2.45) is 5.41 Å². The third-order valence-corrected chi connectivity index (χ3v) is 3.27. The lowest BCUT2D eigenvalue weighted by Gasteiger charge is -2.28. The summed E-state index contributed by atoms with van der Waals surface area (Å²) in [7, 11) is 0. The van der Waals surface area contributed by atoms with Gasteiger partial charge in [0, 0.05) is 0 Å². The van der Waals surface area contributed by atoms with Crippen molar-refractivity contribution in [2.75, 3.05) is 6.61 Å². The average molecular weight is 258 g/mol. The van der Waals surface area contributed by atoms with Crippen molar-refractivity contribution in [2.45, 2.75) is 66.4 Å². The summed E-state index contributed by atoms with van der Waals surface area (Å²) in [4.78, 5) is 24.2. The van der Waals surface area contributed by atoms with E-state index in [9.17, 15) is 9.59 Å². The molecule has 0 saturated carbocycles. The maximum atomic E-state index is 12.2. The Morgan fingerprint density at radius 2 is 1.61 bits per heavy atom. The van der Waals surface area contributed by atoms with E-state index in [2.05, 4.69) is 0 Å². The maximum absolute atomic E-state index is 12.2. The van der Waals surface area contributed by atoms with Gasteiger partial charge in [-0.15, -0.1) is 0 Å².